The lowest BCUT2D eigenvalue weighted by Crippen LogP contribution is -2.17. The van der Waals surface area contributed by atoms with E-state index in [0.717, 1.165) is 5.56 Å². The second kappa shape index (κ2) is 9.72. The molecule has 2 atom stereocenters. The van der Waals surface area contributed by atoms with Crippen molar-refractivity contribution in [3.63, 3.8) is 0 Å². The molecule has 2 unspecified atom stereocenters. The lowest BCUT2D eigenvalue weighted by molar-refractivity contribution is 0.0217. The van der Waals surface area contributed by atoms with Gasteiger partial charge in [-0.1, -0.05) is 17.9 Å². The van der Waals surface area contributed by atoms with E-state index in [1.165, 1.54) is 14.2 Å². The van der Waals surface area contributed by atoms with Crippen molar-refractivity contribution in [2.75, 3.05) is 28.4 Å². The summed E-state index contributed by atoms with van der Waals surface area (Å²) in [6.45, 7) is 0. The Balaban J connectivity index is 2.08. The quantitative estimate of drug-likeness (QED) is 0.728. The molecule has 0 spiro atoms. The van der Waals surface area contributed by atoms with Gasteiger partial charge in [-0.25, -0.2) is 0 Å². The molecule has 6 heteroatoms. The van der Waals surface area contributed by atoms with E-state index in [0.29, 0.717) is 28.6 Å². The standard InChI is InChI=1S/C21H24O6/c1-24-17-10-8-14(12-19(17)26-3)6-5-7-16(22)21(23)15-9-11-18(25-2)20(13-15)27-4/h8-13,16,21-23H,7H2,1-4H3. The Morgan fingerprint density at radius 1 is 0.778 bits per heavy atom. The lowest BCUT2D eigenvalue weighted by Gasteiger charge is -2.17. The molecule has 0 saturated heterocycles. The van der Waals surface area contributed by atoms with Gasteiger partial charge in [-0.05, 0) is 35.9 Å². The average Bonchev–Trinajstić information content (AvgIpc) is 2.72. The number of hydrogen-bond acceptors (Lipinski definition) is 6. The Morgan fingerprint density at radius 3 is 1.93 bits per heavy atom. The molecule has 0 fully saturated rings. The molecule has 0 amide bonds. The van der Waals surface area contributed by atoms with Gasteiger partial charge in [-0.3, -0.25) is 0 Å². The summed E-state index contributed by atoms with van der Waals surface area (Å²) in [5.41, 5.74) is 1.24. The van der Waals surface area contributed by atoms with Crippen LogP contribution in [0.15, 0.2) is 36.4 Å². The van der Waals surface area contributed by atoms with Gasteiger partial charge in [0, 0.05) is 12.0 Å². The minimum atomic E-state index is -1.09. The van der Waals surface area contributed by atoms with Crippen LogP contribution in [-0.4, -0.2) is 44.8 Å². The summed E-state index contributed by atoms with van der Waals surface area (Å²) in [5.74, 6) is 8.06. The summed E-state index contributed by atoms with van der Waals surface area (Å²) in [7, 11) is 6.17. The van der Waals surface area contributed by atoms with Crippen LogP contribution < -0.4 is 18.9 Å². The highest BCUT2D eigenvalue weighted by Gasteiger charge is 2.19. The minimum Gasteiger partial charge on any atom is -0.493 e. The third-order valence-corrected chi connectivity index (χ3v) is 4.04. The molecule has 0 aromatic heterocycles. The predicted octanol–water partition coefficient (Wildman–Crippen LogP) is 2.56. The summed E-state index contributed by atoms with van der Waals surface area (Å²) in [6.07, 6.45) is -2.04. The maximum atomic E-state index is 10.4. The molecular weight excluding hydrogens is 348 g/mol. The van der Waals surface area contributed by atoms with E-state index in [1.54, 1.807) is 50.6 Å². The van der Waals surface area contributed by atoms with Gasteiger partial charge in [0.15, 0.2) is 23.0 Å². The van der Waals surface area contributed by atoms with E-state index in [9.17, 15) is 10.2 Å². The van der Waals surface area contributed by atoms with Crippen LogP contribution in [0.1, 0.15) is 23.7 Å². The van der Waals surface area contributed by atoms with Crippen molar-refractivity contribution in [2.24, 2.45) is 0 Å². The predicted molar refractivity (Wildman–Crippen MR) is 102 cm³/mol. The minimum absolute atomic E-state index is 0.101. The molecule has 0 saturated carbocycles. The van der Waals surface area contributed by atoms with Crippen molar-refractivity contribution in [1.29, 1.82) is 0 Å². The highest BCUT2D eigenvalue weighted by molar-refractivity contribution is 5.48. The van der Waals surface area contributed by atoms with Crippen LogP contribution in [0.3, 0.4) is 0 Å². The Bertz CT molecular complexity index is 821. The first-order valence-corrected chi connectivity index (χ1v) is 8.33. The number of ether oxygens (including phenoxy) is 4. The van der Waals surface area contributed by atoms with Gasteiger partial charge < -0.3 is 29.2 Å². The Morgan fingerprint density at radius 2 is 1.33 bits per heavy atom. The summed E-state index contributed by atoms with van der Waals surface area (Å²) < 4.78 is 20.8. The smallest absolute Gasteiger partial charge is 0.161 e. The summed E-state index contributed by atoms with van der Waals surface area (Å²) in [5, 5.41) is 20.6. The van der Waals surface area contributed by atoms with Crippen molar-refractivity contribution in [2.45, 2.75) is 18.6 Å². The molecule has 2 N–H and O–H groups in total. The summed E-state index contributed by atoms with van der Waals surface area (Å²) >= 11 is 0. The highest BCUT2D eigenvalue weighted by Crippen LogP contribution is 2.31. The largest absolute Gasteiger partial charge is 0.493 e. The molecule has 6 nitrogen and oxygen atoms in total. The van der Waals surface area contributed by atoms with Crippen molar-refractivity contribution in [1.82, 2.24) is 0 Å². The Labute approximate surface area is 159 Å². The first-order chi connectivity index (χ1) is 13.0. The van der Waals surface area contributed by atoms with Crippen molar-refractivity contribution < 1.29 is 29.2 Å². The van der Waals surface area contributed by atoms with Gasteiger partial charge in [0.05, 0.1) is 34.5 Å². The normalized spacial score (nSPS) is 12.4. The number of aliphatic hydroxyl groups is 2. The lowest BCUT2D eigenvalue weighted by atomic mass is 10.0. The van der Waals surface area contributed by atoms with Gasteiger partial charge in [-0.2, -0.15) is 0 Å². The van der Waals surface area contributed by atoms with E-state index < -0.39 is 12.2 Å². The van der Waals surface area contributed by atoms with Crippen molar-refractivity contribution in [3.8, 4) is 34.8 Å². The maximum Gasteiger partial charge on any atom is 0.161 e. The molecule has 0 aliphatic carbocycles. The molecule has 0 aliphatic heterocycles. The number of rotatable bonds is 7. The molecule has 0 radical (unpaired) electrons. The van der Waals surface area contributed by atoms with E-state index >= 15 is 0 Å². The number of methoxy groups -OCH3 is 4. The Kier molecular flexibility index (Phi) is 7.35. The van der Waals surface area contributed by atoms with Gasteiger partial charge in [0.25, 0.3) is 0 Å². The van der Waals surface area contributed by atoms with Gasteiger partial charge in [0.1, 0.15) is 6.10 Å². The van der Waals surface area contributed by atoms with Crippen LogP contribution >= 0.6 is 0 Å². The van der Waals surface area contributed by atoms with E-state index in [4.69, 9.17) is 18.9 Å². The fourth-order valence-electron chi connectivity index (χ4n) is 2.54. The number of hydrogen-bond donors (Lipinski definition) is 2. The second-order valence-corrected chi connectivity index (χ2v) is 5.70. The summed E-state index contributed by atoms with van der Waals surface area (Å²) in [6, 6.07) is 10.3. The molecule has 0 aliphatic rings. The molecule has 2 aromatic rings. The van der Waals surface area contributed by atoms with Crippen LogP contribution in [0.25, 0.3) is 0 Å². The molecule has 2 aromatic carbocycles. The van der Waals surface area contributed by atoms with Crippen molar-refractivity contribution >= 4 is 0 Å². The third kappa shape index (κ3) is 5.07. The molecular formula is C21H24O6. The SMILES string of the molecule is COc1ccc(C#CCC(O)C(O)c2ccc(OC)c(OC)c2)cc1OC. The maximum absolute atomic E-state index is 10.4. The fourth-order valence-corrected chi connectivity index (χ4v) is 2.54. The van der Waals surface area contributed by atoms with E-state index in [-0.39, 0.29) is 6.42 Å². The van der Waals surface area contributed by atoms with Crippen LogP contribution in [0, 0.1) is 11.8 Å². The molecule has 144 valence electrons. The van der Waals surface area contributed by atoms with Crippen LogP contribution in [0.4, 0.5) is 0 Å². The molecule has 27 heavy (non-hydrogen) atoms. The first kappa shape index (κ1) is 20.4. The monoisotopic (exact) mass is 372 g/mol. The zero-order valence-electron chi connectivity index (χ0n) is 15.9. The third-order valence-electron chi connectivity index (χ3n) is 4.04. The van der Waals surface area contributed by atoms with Crippen molar-refractivity contribution in [3.05, 3.63) is 47.5 Å². The first-order valence-electron chi connectivity index (χ1n) is 8.33. The van der Waals surface area contributed by atoms with Gasteiger partial charge in [-0.15, -0.1) is 0 Å². The molecule has 0 heterocycles. The van der Waals surface area contributed by atoms with Crippen LogP contribution in [0.5, 0.6) is 23.0 Å². The Hall–Kier alpha value is -2.88. The van der Waals surface area contributed by atoms with Gasteiger partial charge >= 0.3 is 0 Å². The van der Waals surface area contributed by atoms with E-state index in [1.807, 2.05) is 0 Å². The number of aliphatic hydroxyl groups excluding tert-OH is 2. The average molecular weight is 372 g/mol. The molecule has 0 bridgehead atoms. The number of benzene rings is 2. The second-order valence-electron chi connectivity index (χ2n) is 5.70. The van der Waals surface area contributed by atoms with E-state index in [2.05, 4.69) is 11.8 Å². The van der Waals surface area contributed by atoms with Gasteiger partial charge in [0.2, 0.25) is 0 Å². The van der Waals surface area contributed by atoms with Crippen LogP contribution in [-0.2, 0) is 0 Å². The fraction of sp³-hybridized carbons (Fsp3) is 0.333. The zero-order valence-corrected chi connectivity index (χ0v) is 15.9. The van der Waals surface area contributed by atoms with Crippen LogP contribution in [0.2, 0.25) is 0 Å². The highest BCUT2D eigenvalue weighted by atomic mass is 16.5. The summed E-state index contributed by atoms with van der Waals surface area (Å²) in [4.78, 5) is 0. The topological polar surface area (TPSA) is 77.4 Å². The molecule has 2 rings (SSSR count). The zero-order chi connectivity index (χ0) is 19.8.